The van der Waals surface area contributed by atoms with Gasteiger partial charge in [-0.05, 0) is 20.8 Å². The molecule has 0 aromatic carbocycles. The molecule has 14 heavy (non-hydrogen) atoms. The molecule has 2 atom stereocenters. The van der Waals surface area contributed by atoms with Crippen molar-refractivity contribution in [1.29, 1.82) is 0 Å². The predicted octanol–water partition coefficient (Wildman–Crippen LogP) is 1.81. The van der Waals surface area contributed by atoms with Gasteiger partial charge in [-0.1, -0.05) is 13.8 Å². The summed E-state index contributed by atoms with van der Waals surface area (Å²) in [5.41, 5.74) is 0. The van der Waals surface area contributed by atoms with Crippen LogP contribution >= 0.6 is 0 Å². The maximum atomic E-state index is 5.72. The molecule has 0 aliphatic rings. The fourth-order valence-corrected chi connectivity index (χ4v) is 1.17. The largest absolute Gasteiger partial charge is 0.379 e. The molecule has 0 aromatic rings. The van der Waals surface area contributed by atoms with E-state index in [1.165, 1.54) is 0 Å². The summed E-state index contributed by atoms with van der Waals surface area (Å²) in [6.45, 7) is 12.7. The highest BCUT2D eigenvalue weighted by Crippen LogP contribution is 1.98. The van der Waals surface area contributed by atoms with Crippen LogP contribution in [0.5, 0.6) is 0 Å². The highest BCUT2D eigenvalue weighted by Gasteiger charge is 2.08. The third-order valence-corrected chi connectivity index (χ3v) is 1.83. The van der Waals surface area contributed by atoms with E-state index in [-0.39, 0.29) is 12.2 Å². The predicted molar refractivity (Wildman–Crippen MR) is 59.6 cm³/mol. The quantitative estimate of drug-likeness (QED) is 0.652. The van der Waals surface area contributed by atoms with Crippen LogP contribution in [0.2, 0.25) is 0 Å². The maximum Gasteiger partial charge on any atom is 0.0784 e. The van der Waals surface area contributed by atoms with Gasteiger partial charge in [-0.15, -0.1) is 0 Å². The molecular formula is C11H25NO2. The Morgan fingerprint density at radius 2 is 1.71 bits per heavy atom. The average molecular weight is 203 g/mol. The number of ether oxygens (including phenoxy) is 2. The van der Waals surface area contributed by atoms with Crippen LogP contribution in [0, 0.1) is 0 Å². The second-order valence-electron chi connectivity index (χ2n) is 3.98. The van der Waals surface area contributed by atoms with Gasteiger partial charge in [-0.3, -0.25) is 0 Å². The second kappa shape index (κ2) is 8.21. The fraction of sp³-hybridized carbons (Fsp3) is 1.00. The van der Waals surface area contributed by atoms with Crippen LogP contribution < -0.4 is 5.32 Å². The van der Waals surface area contributed by atoms with Gasteiger partial charge >= 0.3 is 0 Å². The zero-order valence-corrected chi connectivity index (χ0v) is 10.2. The summed E-state index contributed by atoms with van der Waals surface area (Å²) in [6, 6.07) is 0.517. The van der Waals surface area contributed by atoms with E-state index in [1.54, 1.807) is 0 Å². The van der Waals surface area contributed by atoms with Gasteiger partial charge in [0.05, 0.1) is 18.8 Å². The first-order chi connectivity index (χ1) is 6.56. The van der Waals surface area contributed by atoms with Crippen LogP contribution in [0.15, 0.2) is 0 Å². The molecule has 3 heteroatoms. The van der Waals surface area contributed by atoms with Crippen LogP contribution in [0.4, 0.5) is 0 Å². The van der Waals surface area contributed by atoms with Gasteiger partial charge in [0, 0.05) is 19.2 Å². The lowest BCUT2D eigenvalue weighted by atomic mass is 10.3. The Balaban J connectivity index is 3.44. The molecule has 0 saturated heterocycles. The van der Waals surface area contributed by atoms with Gasteiger partial charge in [0.1, 0.15) is 0 Å². The standard InChI is InChI=1S/C11H25NO2/c1-6-13-8-11(5)14-10(4)7-12-9(2)3/h9-12H,6-8H2,1-5H3. The van der Waals surface area contributed by atoms with Crippen LogP contribution in [0.3, 0.4) is 0 Å². The molecule has 3 nitrogen and oxygen atoms in total. The average Bonchev–Trinajstić information content (AvgIpc) is 2.11. The van der Waals surface area contributed by atoms with Gasteiger partial charge in [-0.2, -0.15) is 0 Å². The first kappa shape index (κ1) is 13.9. The summed E-state index contributed by atoms with van der Waals surface area (Å²) < 4.78 is 11.0. The topological polar surface area (TPSA) is 30.5 Å². The van der Waals surface area contributed by atoms with Gasteiger partial charge in [0.15, 0.2) is 0 Å². The van der Waals surface area contributed by atoms with Crippen molar-refractivity contribution in [3.8, 4) is 0 Å². The Morgan fingerprint density at radius 1 is 1.07 bits per heavy atom. The first-order valence-electron chi connectivity index (χ1n) is 5.52. The Kier molecular flexibility index (Phi) is 8.14. The normalized spacial score (nSPS) is 15.9. The third-order valence-electron chi connectivity index (χ3n) is 1.83. The third kappa shape index (κ3) is 8.48. The smallest absolute Gasteiger partial charge is 0.0784 e. The highest BCUT2D eigenvalue weighted by molar-refractivity contribution is 4.61. The number of hydrogen-bond donors (Lipinski definition) is 1. The molecule has 0 saturated carbocycles. The van der Waals surface area contributed by atoms with E-state index in [0.29, 0.717) is 12.6 Å². The van der Waals surface area contributed by atoms with E-state index in [2.05, 4.69) is 26.1 Å². The number of hydrogen-bond acceptors (Lipinski definition) is 3. The summed E-state index contributed by atoms with van der Waals surface area (Å²) in [5.74, 6) is 0. The van der Waals surface area contributed by atoms with Gasteiger partial charge < -0.3 is 14.8 Å². The van der Waals surface area contributed by atoms with Crippen LogP contribution in [-0.2, 0) is 9.47 Å². The molecule has 1 N–H and O–H groups in total. The fourth-order valence-electron chi connectivity index (χ4n) is 1.17. The Labute approximate surface area is 88.2 Å². The molecule has 0 radical (unpaired) electrons. The van der Waals surface area contributed by atoms with Gasteiger partial charge in [-0.25, -0.2) is 0 Å². The monoisotopic (exact) mass is 203 g/mol. The SMILES string of the molecule is CCOCC(C)OC(C)CNC(C)C. The minimum Gasteiger partial charge on any atom is -0.379 e. The van der Waals surface area contributed by atoms with E-state index in [9.17, 15) is 0 Å². The first-order valence-corrected chi connectivity index (χ1v) is 5.52. The zero-order chi connectivity index (χ0) is 11.0. The molecule has 0 aliphatic heterocycles. The number of nitrogens with one attached hydrogen (secondary N) is 1. The molecular weight excluding hydrogens is 178 g/mol. The van der Waals surface area contributed by atoms with Crippen LogP contribution in [0.25, 0.3) is 0 Å². The number of rotatable bonds is 8. The van der Waals surface area contributed by atoms with E-state index < -0.39 is 0 Å². The van der Waals surface area contributed by atoms with Crippen molar-refractivity contribution >= 4 is 0 Å². The Morgan fingerprint density at radius 3 is 2.21 bits per heavy atom. The van der Waals surface area contributed by atoms with Crippen molar-refractivity contribution in [2.75, 3.05) is 19.8 Å². The van der Waals surface area contributed by atoms with Crippen molar-refractivity contribution in [3.05, 3.63) is 0 Å². The highest BCUT2D eigenvalue weighted by atomic mass is 16.5. The minimum absolute atomic E-state index is 0.180. The van der Waals surface area contributed by atoms with Crippen molar-refractivity contribution in [2.45, 2.75) is 52.9 Å². The molecule has 0 spiro atoms. The molecule has 0 fully saturated rings. The van der Waals surface area contributed by atoms with E-state index in [1.807, 2.05) is 13.8 Å². The minimum atomic E-state index is 0.180. The summed E-state index contributed by atoms with van der Waals surface area (Å²) >= 11 is 0. The van der Waals surface area contributed by atoms with E-state index >= 15 is 0 Å². The van der Waals surface area contributed by atoms with E-state index in [0.717, 1.165) is 13.2 Å². The molecule has 0 amide bonds. The molecule has 0 bridgehead atoms. The zero-order valence-electron chi connectivity index (χ0n) is 10.2. The second-order valence-corrected chi connectivity index (χ2v) is 3.98. The summed E-state index contributed by atoms with van der Waals surface area (Å²) in [5, 5.41) is 3.34. The Hall–Kier alpha value is -0.120. The summed E-state index contributed by atoms with van der Waals surface area (Å²) in [7, 11) is 0. The molecule has 0 aliphatic carbocycles. The lowest BCUT2D eigenvalue weighted by Crippen LogP contribution is -2.34. The van der Waals surface area contributed by atoms with Gasteiger partial charge in [0.2, 0.25) is 0 Å². The Bertz CT molecular complexity index is 128. The lowest BCUT2D eigenvalue weighted by Gasteiger charge is -2.20. The maximum absolute atomic E-state index is 5.72. The molecule has 86 valence electrons. The van der Waals surface area contributed by atoms with Crippen LogP contribution in [0.1, 0.15) is 34.6 Å². The van der Waals surface area contributed by atoms with Crippen molar-refractivity contribution in [3.63, 3.8) is 0 Å². The van der Waals surface area contributed by atoms with Crippen molar-refractivity contribution in [2.24, 2.45) is 0 Å². The summed E-state index contributed by atoms with van der Waals surface area (Å²) in [4.78, 5) is 0. The summed E-state index contributed by atoms with van der Waals surface area (Å²) in [6.07, 6.45) is 0.423. The van der Waals surface area contributed by atoms with E-state index in [4.69, 9.17) is 9.47 Å². The van der Waals surface area contributed by atoms with Crippen LogP contribution in [-0.4, -0.2) is 38.0 Å². The van der Waals surface area contributed by atoms with Gasteiger partial charge in [0.25, 0.3) is 0 Å². The van der Waals surface area contributed by atoms with Crippen molar-refractivity contribution < 1.29 is 9.47 Å². The molecule has 0 aromatic heterocycles. The molecule has 0 heterocycles. The molecule has 2 unspecified atom stereocenters. The molecule has 0 rings (SSSR count). The lowest BCUT2D eigenvalue weighted by molar-refractivity contribution is -0.0388. The van der Waals surface area contributed by atoms with Crippen molar-refractivity contribution in [1.82, 2.24) is 5.32 Å².